The minimum Gasteiger partial charge on any atom is -0.197 e. The Balaban J connectivity index is 3.85. The molecule has 0 saturated carbocycles. The van der Waals surface area contributed by atoms with Crippen molar-refractivity contribution in [3.63, 3.8) is 0 Å². The van der Waals surface area contributed by atoms with Gasteiger partial charge in [0.2, 0.25) is 0 Å². The first-order chi connectivity index (χ1) is 5.55. The third-order valence-corrected chi connectivity index (χ3v) is 2.38. The van der Waals surface area contributed by atoms with Crippen molar-refractivity contribution in [2.75, 3.05) is 0 Å². The Morgan fingerprint density at radius 1 is 1.25 bits per heavy atom. The second kappa shape index (κ2) is 4.78. The Morgan fingerprint density at radius 2 is 1.75 bits per heavy atom. The van der Waals surface area contributed by atoms with Gasteiger partial charge >= 0.3 is 0 Å². The van der Waals surface area contributed by atoms with E-state index in [0.29, 0.717) is 6.42 Å². The van der Waals surface area contributed by atoms with E-state index in [-0.39, 0.29) is 5.41 Å². The van der Waals surface area contributed by atoms with Crippen LogP contribution in [0.15, 0.2) is 0 Å². The molecule has 0 aliphatic carbocycles. The van der Waals surface area contributed by atoms with Crippen LogP contribution >= 0.6 is 0 Å². The molecule has 0 fully saturated rings. The van der Waals surface area contributed by atoms with Crippen LogP contribution in [0.25, 0.3) is 0 Å². The largest absolute Gasteiger partial charge is 0.197 e. The van der Waals surface area contributed by atoms with E-state index in [0.717, 1.165) is 12.8 Å². The van der Waals surface area contributed by atoms with Gasteiger partial charge in [0, 0.05) is 0 Å². The molecule has 0 rings (SSSR count). The van der Waals surface area contributed by atoms with E-state index in [2.05, 4.69) is 20.8 Å². The first kappa shape index (κ1) is 11.0. The van der Waals surface area contributed by atoms with Crippen LogP contribution in [-0.2, 0) is 0 Å². The van der Waals surface area contributed by atoms with Crippen LogP contribution in [0.4, 0.5) is 0 Å². The molecule has 0 aromatic carbocycles. The summed E-state index contributed by atoms with van der Waals surface area (Å²) in [5, 5.41) is 17.0. The Labute approximate surface area is 74.8 Å². The average molecular weight is 164 g/mol. The van der Waals surface area contributed by atoms with Crippen molar-refractivity contribution in [1.29, 1.82) is 10.5 Å². The molecule has 0 aromatic rings. The van der Waals surface area contributed by atoms with E-state index < -0.39 is 5.92 Å². The number of nitrogens with zero attached hydrogens (tertiary/aromatic N) is 2. The summed E-state index contributed by atoms with van der Waals surface area (Å²) in [6, 6.07) is 3.97. The predicted octanol–water partition coefficient (Wildman–Crippen LogP) is 2.87. The molecule has 0 radical (unpaired) electrons. The zero-order valence-electron chi connectivity index (χ0n) is 8.09. The number of nitriles is 2. The third kappa shape index (κ3) is 3.98. The highest BCUT2D eigenvalue weighted by Gasteiger charge is 2.17. The van der Waals surface area contributed by atoms with Crippen molar-refractivity contribution in [3.8, 4) is 12.1 Å². The topological polar surface area (TPSA) is 47.6 Å². The number of hydrogen-bond acceptors (Lipinski definition) is 2. The summed E-state index contributed by atoms with van der Waals surface area (Å²) in [7, 11) is 0. The lowest BCUT2D eigenvalue weighted by molar-refractivity contribution is 0.306. The zero-order valence-corrected chi connectivity index (χ0v) is 8.09. The van der Waals surface area contributed by atoms with Crippen molar-refractivity contribution < 1.29 is 0 Å². The molecule has 0 aliphatic heterocycles. The van der Waals surface area contributed by atoms with Crippen LogP contribution in [0.2, 0.25) is 0 Å². The lowest BCUT2D eigenvalue weighted by Crippen LogP contribution is -2.11. The molecule has 0 unspecified atom stereocenters. The summed E-state index contributed by atoms with van der Waals surface area (Å²) in [5.74, 6) is -0.421. The van der Waals surface area contributed by atoms with Crippen LogP contribution in [0, 0.1) is 34.0 Å². The fourth-order valence-electron chi connectivity index (χ4n) is 0.870. The molecule has 0 aliphatic rings. The fourth-order valence-corrected chi connectivity index (χ4v) is 0.870. The maximum Gasteiger partial charge on any atom is 0.133 e. The molecule has 0 amide bonds. The Hall–Kier alpha value is -1.02. The molecule has 0 aromatic heterocycles. The minimum absolute atomic E-state index is 0.270. The Bertz CT molecular complexity index is 191. The van der Waals surface area contributed by atoms with Gasteiger partial charge in [-0.1, -0.05) is 27.2 Å². The second-order valence-electron chi connectivity index (χ2n) is 3.87. The van der Waals surface area contributed by atoms with Crippen LogP contribution in [-0.4, -0.2) is 0 Å². The minimum atomic E-state index is -0.421. The molecule has 66 valence electrons. The van der Waals surface area contributed by atoms with Crippen LogP contribution in [0.5, 0.6) is 0 Å². The van der Waals surface area contributed by atoms with E-state index in [1.807, 2.05) is 12.1 Å². The van der Waals surface area contributed by atoms with E-state index in [4.69, 9.17) is 10.5 Å². The lowest BCUT2D eigenvalue weighted by atomic mass is 9.83. The highest BCUT2D eigenvalue weighted by molar-refractivity contribution is 4.99. The van der Waals surface area contributed by atoms with Gasteiger partial charge in [0.15, 0.2) is 0 Å². The van der Waals surface area contributed by atoms with E-state index in [9.17, 15) is 0 Å². The summed E-state index contributed by atoms with van der Waals surface area (Å²) >= 11 is 0. The third-order valence-electron chi connectivity index (χ3n) is 2.38. The summed E-state index contributed by atoms with van der Waals surface area (Å²) in [4.78, 5) is 0. The van der Waals surface area contributed by atoms with Crippen LogP contribution in [0.1, 0.15) is 40.0 Å². The van der Waals surface area contributed by atoms with Gasteiger partial charge in [-0.05, 0) is 18.3 Å². The number of hydrogen-bond donors (Lipinski definition) is 0. The number of rotatable bonds is 4. The zero-order chi connectivity index (χ0) is 9.61. The maximum absolute atomic E-state index is 8.52. The summed E-state index contributed by atoms with van der Waals surface area (Å²) in [5.41, 5.74) is 0.270. The van der Waals surface area contributed by atoms with Gasteiger partial charge < -0.3 is 0 Å². The molecule has 0 N–H and O–H groups in total. The van der Waals surface area contributed by atoms with Crippen molar-refractivity contribution in [2.45, 2.75) is 40.0 Å². The van der Waals surface area contributed by atoms with Crippen molar-refractivity contribution in [2.24, 2.45) is 11.3 Å². The predicted molar refractivity (Wildman–Crippen MR) is 48.0 cm³/mol. The highest BCUT2D eigenvalue weighted by Crippen LogP contribution is 2.27. The first-order valence-corrected chi connectivity index (χ1v) is 4.35. The maximum atomic E-state index is 8.52. The standard InChI is InChI=1S/C10H16N2/c1-4-10(2,3)6-5-9(7-11)8-12/h9H,4-6H2,1-3H3. The van der Waals surface area contributed by atoms with Crippen LogP contribution < -0.4 is 0 Å². The molecule has 2 heteroatoms. The molecule has 0 heterocycles. The smallest absolute Gasteiger partial charge is 0.133 e. The van der Waals surface area contributed by atoms with Gasteiger partial charge in [-0.2, -0.15) is 10.5 Å². The van der Waals surface area contributed by atoms with E-state index >= 15 is 0 Å². The molecule has 2 nitrogen and oxygen atoms in total. The Kier molecular flexibility index (Phi) is 4.37. The lowest BCUT2D eigenvalue weighted by Gasteiger charge is -2.22. The van der Waals surface area contributed by atoms with Gasteiger partial charge in [0.25, 0.3) is 0 Å². The normalized spacial score (nSPS) is 10.8. The summed E-state index contributed by atoms with van der Waals surface area (Å²) in [6.07, 6.45) is 2.75. The molecule has 0 spiro atoms. The molecular weight excluding hydrogens is 148 g/mol. The average Bonchev–Trinajstić information content (AvgIpc) is 2.06. The Morgan fingerprint density at radius 3 is 2.08 bits per heavy atom. The monoisotopic (exact) mass is 164 g/mol. The SMILES string of the molecule is CCC(C)(C)CCC(C#N)C#N. The van der Waals surface area contributed by atoms with Gasteiger partial charge in [0.05, 0.1) is 12.1 Å². The molecule has 0 saturated heterocycles. The second-order valence-corrected chi connectivity index (χ2v) is 3.87. The summed E-state index contributed by atoms with van der Waals surface area (Å²) in [6.45, 7) is 6.46. The van der Waals surface area contributed by atoms with Gasteiger partial charge in [-0.25, -0.2) is 0 Å². The molecule has 0 atom stereocenters. The molecule has 12 heavy (non-hydrogen) atoms. The van der Waals surface area contributed by atoms with Crippen LogP contribution in [0.3, 0.4) is 0 Å². The van der Waals surface area contributed by atoms with Crippen molar-refractivity contribution in [3.05, 3.63) is 0 Å². The van der Waals surface area contributed by atoms with Gasteiger partial charge in [0.1, 0.15) is 5.92 Å². The van der Waals surface area contributed by atoms with Gasteiger partial charge in [-0.3, -0.25) is 0 Å². The molecule has 0 bridgehead atoms. The van der Waals surface area contributed by atoms with E-state index in [1.54, 1.807) is 0 Å². The first-order valence-electron chi connectivity index (χ1n) is 4.35. The van der Waals surface area contributed by atoms with E-state index in [1.165, 1.54) is 0 Å². The molecular formula is C10H16N2. The summed E-state index contributed by atoms with van der Waals surface area (Å²) < 4.78 is 0. The van der Waals surface area contributed by atoms with Crippen molar-refractivity contribution >= 4 is 0 Å². The fraction of sp³-hybridized carbons (Fsp3) is 0.800. The van der Waals surface area contributed by atoms with Crippen molar-refractivity contribution in [1.82, 2.24) is 0 Å². The highest BCUT2D eigenvalue weighted by atomic mass is 14.3. The quantitative estimate of drug-likeness (QED) is 0.641. The van der Waals surface area contributed by atoms with Gasteiger partial charge in [-0.15, -0.1) is 0 Å².